The molecule has 5 rings (SSSR count). The van der Waals surface area contributed by atoms with E-state index in [-0.39, 0.29) is 5.82 Å². The molecule has 0 fully saturated rings. The molecule has 9 heteroatoms. The van der Waals surface area contributed by atoms with Gasteiger partial charge in [0.25, 0.3) is 7.44 Å². The summed E-state index contributed by atoms with van der Waals surface area (Å²) in [6, 6.07) is 21.0. The van der Waals surface area contributed by atoms with Gasteiger partial charge in [-0.2, -0.15) is 5.10 Å². The summed E-state index contributed by atoms with van der Waals surface area (Å²) in [6.07, 6.45) is 0. The lowest BCUT2D eigenvalue weighted by molar-refractivity contribution is 0.553. The maximum Gasteiger partial charge on any atom is 0.296 e. The van der Waals surface area contributed by atoms with Gasteiger partial charge in [0.1, 0.15) is 17.0 Å². The van der Waals surface area contributed by atoms with E-state index >= 15 is 0 Å². The van der Waals surface area contributed by atoms with Gasteiger partial charge < -0.3 is 5.09 Å². The average Bonchev–Trinajstić information content (AvgIpc) is 3.17. The summed E-state index contributed by atoms with van der Waals surface area (Å²) in [5.41, 5.74) is 3.57. The number of aromatic nitrogens is 2. The number of amidine groups is 1. The minimum Gasteiger partial charge on any atom is -0.317 e. The van der Waals surface area contributed by atoms with Crippen molar-refractivity contribution in [1.82, 2.24) is 14.5 Å². The second-order valence-corrected chi connectivity index (χ2v) is 11.0. The van der Waals surface area contributed by atoms with E-state index < -0.39 is 7.44 Å². The number of aryl methyl sites for hydroxylation is 2. The van der Waals surface area contributed by atoms with Crippen LogP contribution in [0.3, 0.4) is 0 Å². The molecular weight excluding hydrogens is 472 g/mol. The minimum atomic E-state index is -3.51. The van der Waals surface area contributed by atoms with Crippen LogP contribution in [0, 0.1) is 19.7 Å². The molecule has 1 aliphatic rings. The van der Waals surface area contributed by atoms with E-state index in [1.807, 2.05) is 56.3 Å². The van der Waals surface area contributed by atoms with Crippen LogP contribution in [-0.2, 0) is 4.57 Å². The molecular formula is C25H22ClFN5OP. The van der Waals surface area contributed by atoms with E-state index in [4.69, 9.17) is 21.7 Å². The van der Waals surface area contributed by atoms with E-state index in [9.17, 15) is 8.96 Å². The first-order valence-electron chi connectivity index (χ1n) is 10.7. The number of para-hydroxylation sites is 1. The van der Waals surface area contributed by atoms with E-state index in [0.29, 0.717) is 38.9 Å². The monoisotopic (exact) mass is 493 g/mol. The molecule has 6 nitrogen and oxygen atoms in total. The van der Waals surface area contributed by atoms with E-state index in [1.54, 1.807) is 34.6 Å². The van der Waals surface area contributed by atoms with Crippen molar-refractivity contribution in [3.63, 3.8) is 0 Å². The number of nitrogens with one attached hydrogen (secondary N) is 1. The van der Waals surface area contributed by atoms with Crippen LogP contribution >= 0.6 is 19.0 Å². The van der Waals surface area contributed by atoms with Gasteiger partial charge in [-0.25, -0.2) is 14.1 Å². The maximum absolute atomic E-state index is 14.8. The molecule has 0 radical (unpaired) electrons. The normalized spacial score (nSPS) is 17.3. The first-order chi connectivity index (χ1) is 16.3. The summed E-state index contributed by atoms with van der Waals surface area (Å²) in [5.74, 6) is 0.554. The van der Waals surface area contributed by atoms with Crippen molar-refractivity contribution in [3.8, 4) is 5.69 Å². The summed E-state index contributed by atoms with van der Waals surface area (Å²) in [7, 11) is -1.79. The van der Waals surface area contributed by atoms with Crippen LogP contribution in [0.1, 0.15) is 16.8 Å². The zero-order valence-corrected chi connectivity index (χ0v) is 20.5. The Labute approximate surface area is 202 Å². The predicted octanol–water partition coefficient (Wildman–Crippen LogP) is 6.24. The summed E-state index contributed by atoms with van der Waals surface area (Å²) < 4.78 is 31.8. The lowest BCUT2D eigenvalue weighted by Gasteiger charge is -2.35. The van der Waals surface area contributed by atoms with Gasteiger partial charge in [0.05, 0.1) is 11.4 Å². The third-order valence-corrected chi connectivity index (χ3v) is 8.94. The molecule has 0 bridgehead atoms. The molecule has 0 saturated carbocycles. The molecule has 1 atom stereocenters. The zero-order valence-electron chi connectivity index (χ0n) is 18.8. The standard InChI is InChI=1S/C25H22ClFN5OP/c1-16-9-14-20(15-22(16)26)30-34(33)23-17(2)29-32(21-7-5-4-6-8-21)25(23)28-24(31(34)3)18-10-12-19(27)13-11-18/h4-15H,1-3H3,(H,30,33). The van der Waals surface area contributed by atoms with E-state index in [2.05, 4.69) is 5.09 Å². The second kappa shape index (κ2) is 8.42. The van der Waals surface area contributed by atoms with Gasteiger partial charge in [0.15, 0.2) is 5.82 Å². The molecule has 1 N–H and O–H groups in total. The molecule has 1 aromatic heterocycles. The largest absolute Gasteiger partial charge is 0.317 e. The highest BCUT2D eigenvalue weighted by atomic mass is 35.5. The quantitative estimate of drug-likeness (QED) is 0.342. The average molecular weight is 494 g/mol. The van der Waals surface area contributed by atoms with Crippen LogP contribution in [0.5, 0.6) is 0 Å². The van der Waals surface area contributed by atoms with Crippen molar-refractivity contribution in [2.45, 2.75) is 13.8 Å². The lowest BCUT2D eigenvalue weighted by atomic mass is 10.2. The fourth-order valence-corrected chi connectivity index (χ4v) is 6.54. The predicted molar refractivity (Wildman–Crippen MR) is 136 cm³/mol. The molecule has 1 unspecified atom stereocenters. The van der Waals surface area contributed by atoms with Gasteiger partial charge >= 0.3 is 0 Å². The highest BCUT2D eigenvalue weighted by molar-refractivity contribution is 7.72. The molecule has 3 aromatic carbocycles. The Balaban J connectivity index is 1.74. The summed E-state index contributed by atoms with van der Waals surface area (Å²) in [5, 5.41) is 9.01. The number of halogens is 2. The molecule has 0 aliphatic carbocycles. The Hall–Kier alpha value is -3.41. The van der Waals surface area contributed by atoms with Crippen molar-refractivity contribution in [1.29, 1.82) is 0 Å². The molecule has 1 aliphatic heterocycles. The van der Waals surface area contributed by atoms with E-state index in [1.165, 1.54) is 12.1 Å². The lowest BCUT2D eigenvalue weighted by Crippen LogP contribution is -2.36. The van der Waals surface area contributed by atoms with Gasteiger partial charge in [0, 0.05) is 23.3 Å². The van der Waals surface area contributed by atoms with Gasteiger partial charge in [0.2, 0.25) is 0 Å². The second-order valence-electron chi connectivity index (χ2n) is 8.12. The molecule has 2 heterocycles. The number of aliphatic imine (C=N–C) groups is 1. The number of fused-ring (bicyclic) bond motifs is 1. The zero-order chi connectivity index (χ0) is 24.0. The van der Waals surface area contributed by atoms with Gasteiger partial charge in [-0.1, -0.05) is 35.9 Å². The van der Waals surface area contributed by atoms with Crippen LogP contribution < -0.4 is 10.4 Å². The number of nitrogens with zero attached hydrogens (tertiary/aromatic N) is 4. The third-order valence-electron chi connectivity index (χ3n) is 5.80. The van der Waals surface area contributed by atoms with Crippen molar-refractivity contribution < 1.29 is 8.96 Å². The van der Waals surface area contributed by atoms with Crippen LogP contribution in [0.4, 0.5) is 15.9 Å². The Bertz CT molecular complexity index is 1470. The van der Waals surface area contributed by atoms with E-state index in [0.717, 1.165) is 11.3 Å². The van der Waals surface area contributed by atoms with Crippen LogP contribution in [0.2, 0.25) is 5.02 Å². The van der Waals surface area contributed by atoms with Gasteiger partial charge in [-0.05, 0) is 67.9 Å². The van der Waals surface area contributed by atoms with Gasteiger partial charge in [-0.3, -0.25) is 9.24 Å². The van der Waals surface area contributed by atoms with Crippen LogP contribution in [-0.4, -0.2) is 27.3 Å². The fourth-order valence-electron chi connectivity index (χ4n) is 3.99. The van der Waals surface area contributed by atoms with Crippen molar-refractivity contribution in [2.75, 3.05) is 12.1 Å². The van der Waals surface area contributed by atoms with Crippen LogP contribution in [0.25, 0.3) is 5.69 Å². The fraction of sp³-hybridized carbons (Fsp3) is 0.120. The third kappa shape index (κ3) is 3.71. The summed E-state index contributed by atoms with van der Waals surface area (Å²) in [4.78, 5) is 4.87. The first kappa shape index (κ1) is 22.4. The van der Waals surface area contributed by atoms with Gasteiger partial charge in [-0.15, -0.1) is 0 Å². The number of anilines is 1. The number of hydrogen-bond acceptors (Lipinski definition) is 3. The number of benzene rings is 3. The van der Waals surface area contributed by atoms with Crippen molar-refractivity contribution in [2.24, 2.45) is 4.99 Å². The smallest absolute Gasteiger partial charge is 0.296 e. The topological polar surface area (TPSA) is 62.5 Å². The van der Waals surface area contributed by atoms with Crippen molar-refractivity contribution >= 4 is 41.7 Å². The highest BCUT2D eigenvalue weighted by Crippen LogP contribution is 2.54. The summed E-state index contributed by atoms with van der Waals surface area (Å²) in [6.45, 7) is 3.73. The Morgan fingerprint density at radius 2 is 1.71 bits per heavy atom. The molecule has 0 spiro atoms. The summed E-state index contributed by atoms with van der Waals surface area (Å²) >= 11 is 6.35. The number of hydrogen-bond donors (Lipinski definition) is 1. The van der Waals surface area contributed by atoms with Crippen molar-refractivity contribution in [3.05, 3.63) is 100 Å². The minimum absolute atomic E-state index is 0.357. The Kier molecular flexibility index (Phi) is 5.54. The molecule has 4 aromatic rings. The maximum atomic E-state index is 14.8. The Morgan fingerprint density at radius 1 is 1.00 bits per heavy atom. The first-order valence-corrected chi connectivity index (χ1v) is 12.7. The highest BCUT2D eigenvalue weighted by Gasteiger charge is 2.43. The molecule has 0 amide bonds. The molecule has 172 valence electrons. The van der Waals surface area contributed by atoms with Crippen LogP contribution in [0.15, 0.2) is 77.8 Å². The molecule has 0 saturated heterocycles. The number of rotatable bonds is 4. The Morgan fingerprint density at radius 3 is 2.38 bits per heavy atom. The molecule has 34 heavy (non-hydrogen) atoms. The SMILES string of the molecule is Cc1ccc(NP2(=O)c3c(C)nn(-c4ccccc4)c3N=C(c3ccc(F)cc3)N2C)cc1Cl.